The van der Waals surface area contributed by atoms with Crippen LogP contribution in [0.5, 0.6) is 0 Å². The molecule has 1 fully saturated rings. The zero-order chi connectivity index (χ0) is 13.0. The Morgan fingerprint density at radius 2 is 2.17 bits per heavy atom. The number of amides is 1. The van der Waals surface area contributed by atoms with Crippen LogP contribution >= 0.6 is 0 Å². The standard InChI is InChI=1S/C14H16N2O2/c1-10-6-7-11(9-15)8-13(10)16-14(17)18-12-4-2-3-5-12/h6-8,12H,2-5H2,1H3,(H,16,17). The molecule has 18 heavy (non-hydrogen) atoms. The minimum Gasteiger partial charge on any atom is -0.446 e. The number of carbonyl (C=O) groups excluding carboxylic acids is 1. The number of ether oxygens (including phenoxy) is 1. The number of nitrogens with one attached hydrogen (secondary N) is 1. The number of rotatable bonds is 2. The second kappa shape index (κ2) is 5.54. The number of aryl methyl sites for hydroxylation is 1. The third-order valence-electron chi connectivity index (χ3n) is 3.18. The van der Waals surface area contributed by atoms with Crippen LogP contribution in [0.25, 0.3) is 0 Å². The SMILES string of the molecule is Cc1ccc(C#N)cc1NC(=O)OC1CCCC1. The number of hydrogen-bond donors (Lipinski definition) is 1. The van der Waals surface area contributed by atoms with Crippen molar-refractivity contribution >= 4 is 11.8 Å². The van der Waals surface area contributed by atoms with Gasteiger partial charge < -0.3 is 4.74 Å². The topological polar surface area (TPSA) is 62.1 Å². The minimum atomic E-state index is -0.430. The summed E-state index contributed by atoms with van der Waals surface area (Å²) in [5.74, 6) is 0. The highest BCUT2D eigenvalue weighted by Crippen LogP contribution is 2.22. The molecule has 94 valence electrons. The molecule has 4 nitrogen and oxygen atoms in total. The summed E-state index contributed by atoms with van der Waals surface area (Å²) in [7, 11) is 0. The molecule has 1 saturated carbocycles. The molecule has 1 amide bonds. The van der Waals surface area contributed by atoms with Crippen molar-refractivity contribution in [2.45, 2.75) is 38.7 Å². The maximum absolute atomic E-state index is 11.7. The summed E-state index contributed by atoms with van der Waals surface area (Å²) in [4.78, 5) is 11.7. The molecule has 0 aromatic heterocycles. The Bertz CT molecular complexity index is 485. The van der Waals surface area contributed by atoms with E-state index in [0.29, 0.717) is 11.3 Å². The predicted molar refractivity (Wildman–Crippen MR) is 68.3 cm³/mol. The summed E-state index contributed by atoms with van der Waals surface area (Å²) < 4.78 is 5.31. The van der Waals surface area contributed by atoms with Crippen LogP contribution in [0.3, 0.4) is 0 Å². The van der Waals surface area contributed by atoms with Gasteiger partial charge in [0.05, 0.1) is 11.6 Å². The van der Waals surface area contributed by atoms with Crippen molar-refractivity contribution in [2.75, 3.05) is 5.32 Å². The van der Waals surface area contributed by atoms with Crippen molar-refractivity contribution in [3.63, 3.8) is 0 Å². The summed E-state index contributed by atoms with van der Waals surface area (Å²) in [5.41, 5.74) is 2.08. The quantitative estimate of drug-likeness (QED) is 0.867. The van der Waals surface area contributed by atoms with Crippen molar-refractivity contribution in [1.82, 2.24) is 0 Å². The molecule has 1 aromatic rings. The molecule has 1 N–H and O–H groups in total. The van der Waals surface area contributed by atoms with E-state index < -0.39 is 6.09 Å². The largest absolute Gasteiger partial charge is 0.446 e. The number of nitriles is 1. The lowest BCUT2D eigenvalue weighted by Crippen LogP contribution is -2.20. The Labute approximate surface area is 107 Å². The third-order valence-corrected chi connectivity index (χ3v) is 3.18. The first-order valence-corrected chi connectivity index (χ1v) is 6.17. The van der Waals surface area contributed by atoms with Gasteiger partial charge in [-0.05, 0) is 50.3 Å². The van der Waals surface area contributed by atoms with Gasteiger partial charge in [0.2, 0.25) is 0 Å². The van der Waals surface area contributed by atoms with E-state index in [9.17, 15) is 4.79 Å². The predicted octanol–water partition coefficient (Wildman–Crippen LogP) is 3.36. The average molecular weight is 244 g/mol. The van der Waals surface area contributed by atoms with E-state index in [1.54, 1.807) is 12.1 Å². The van der Waals surface area contributed by atoms with Gasteiger partial charge in [-0.3, -0.25) is 5.32 Å². The maximum Gasteiger partial charge on any atom is 0.411 e. The molecule has 2 rings (SSSR count). The van der Waals surface area contributed by atoms with Crippen LogP contribution in [0, 0.1) is 18.3 Å². The van der Waals surface area contributed by atoms with Crippen molar-refractivity contribution < 1.29 is 9.53 Å². The van der Waals surface area contributed by atoms with Gasteiger partial charge in [0, 0.05) is 5.69 Å². The monoisotopic (exact) mass is 244 g/mol. The molecular weight excluding hydrogens is 228 g/mol. The summed E-state index contributed by atoms with van der Waals surface area (Å²) in [6.07, 6.45) is 3.77. The van der Waals surface area contributed by atoms with E-state index in [1.165, 1.54) is 0 Å². The van der Waals surface area contributed by atoms with E-state index in [0.717, 1.165) is 31.2 Å². The highest BCUT2D eigenvalue weighted by Gasteiger charge is 2.19. The van der Waals surface area contributed by atoms with E-state index in [-0.39, 0.29) is 6.10 Å². The third kappa shape index (κ3) is 3.01. The van der Waals surface area contributed by atoms with Crippen molar-refractivity contribution in [2.24, 2.45) is 0 Å². The van der Waals surface area contributed by atoms with Crippen LogP contribution in [-0.4, -0.2) is 12.2 Å². The molecule has 1 aliphatic rings. The minimum absolute atomic E-state index is 0.0458. The first-order chi connectivity index (χ1) is 8.69. The van der Waals surface area contributed by atoms with E-state index in [2.05, 4.69) is 5.32 Å². The first-order valence-electron chi connectivity index (χ1n) is 6.17. The Balaban J connectivity index is 1.99. The van der Waals surface area contributed by atoms with Gasteiger partial charge in [-0.25, -0.2) is 4.79 Å². The summed E-state index contributed by atoms with van der Waals surface area (Å²) in [5, 5.41) is 11.5. The highest BCUT2D eigenvalue weighted by atomic mass is 16.6. The summed E-state index contributed by atoms with van der Waals surface area (Å²) in [6, 6.07) is 7.24. The van der Waals surface area contributed by atoms with Gasteiger partial charge in [-0.2, -0.15) is 5.26 Å². The molecule has 1 aliphatic carbocycles. The Kier molecular flexibility index (Phi) is 3.83. The maximum atomic E-state index is 11.7. The first kappa shape index (κ1) is 12.4. The van der Waals surface area contributed by atoms with Crippen molar-refractivity contribution in [3.8, 4) is 6.07 Å². The van der Waals surface area contributed by atoms with Gasteiger partial charge in [-0.1, -0.05) is 6.07 Å². The second-order valence-electron chi connectivity index (χ2n) is 4.58. The van der Waals surface area contributed by atoms with Gasteiger partial charge in [0.1, 0.15) is 6.10 Å². The van der Waals surface area contributed by atoms with Crippen LogP contribution in [0.4, 0.5) is 10.5 Å². The normalized spacial score (nSPS) is 15.1. The van der Waals surface area contributed by atoms with Crippen LogP contribution in [0.1, 0.15) is 36.8 Å². The van der Waals surface area contributed by atoms with Crippen LogP contribution in [-0.2, 0) is 4.74 Å². The van der Waals surface area contributed by atoms with Gasteiger partial charge in [0.25, 0.3) is 0 Å². The fourth-order valence-electron chi connectivity index (χ4n) is 2.12. The molecule has 0 bridgehead atoms. The molecule has 0 radical (unpaired) electrons. The van der Waals surface area contributed by atoms with Crippen molar-refractivity contribution in [1.29, 1.82) is 5.26 Å². The number of nitrogens with zero attached hydrogens (tertiary/aromatic N) is 1. The number of carbonyl (C=O) groups is 1. The van der Waals surface area contributed by atoms with E-state index in [4.69, 9.17) is 10.00 Å². The summed E-state index contributed by atoms with van der Waals surface area (Å²) in [6.45, 7) is 1.88. The smallest absolute Gasteiger partial charge is 0.411 e. The van der Waals surface area contributed by atoms with Gasteiger partial charge in [-0.15, -0.1) is 0 Å². The lowest BCUT2D eigenvalue weighted by atomic mass is 10.1. The molecule has 1 aromatic carbocycles. The second-order valence-corrected chi connectivity index (χ2v) is 4.58. The Morgan fingerprint density at radius 1 is 1.44 bits per heavy atom. The number of benzene rings is 1. The van der Waals surface area contributed by atoms with Crippen LogP contribution in [0.2, 0.25) is 0 Å². The number of hydrogen-bond acceptors (Lipinski definition) is 3. The lowest BCUT2D eigenvalue weighted by Gasteiger charge is -2.13. The van der Waals surface area contributed by atoms with E-state index in [1.807, 2.05) is 19.1 Å². The van der Waals surface area contributed by atoms with Gasteiger partial charge >= 0.3 is 6.09 Å². The zero-order valence-corrected chi connectivity index (χ0v) is 10.4. The summed E-state index contributed by atoms with van der Waals surface area (Å²) >= 11 is 0. The Hall–Kier alpha value is -2.02. The lowest BCUT2D eigenvalue weighted by molar-refractivity contribution is 0.114. The molecule has 0 atom stereocenters. The molecule has 4 heteroatoms. The van der Waals surface area contributed by atoms with Crippen LogP contribution in [0.15, 0.2) is 18.2 Å². The highest BCUT2D eigenvalue weighted by molar-refractivity contribution is 5.86. The zero-order valence-electron chi connectivity index (χ0n) is 10.4. The molecule has 0 spiro atoms. The average Bonchev–Trinajstić information content (AvgIpc) is 2.84. The molecule has 0 heterocycles. The number of anilines is 1. The van der Waals surface area contributed by atoms with Crippen LogP contribution < -0.4 is 5.32 Å². The molecule has 0 saturated heterocycles. The Morgan fingerprint density at radius 3 is 2.83 bits per heavy atom. The fourth-order valence-corrected chi connectivity index (χ4v) is 2.12. The molecule has 0 aliphatic heterocycles. The molecule has 0 unspecified atom stereocenters. The molecular formula is C14H16N2O2. The van der Waals surface area contributed by atoms with Crippen molar-refractivity contribution in [3.05, 3.63) is 29.3 Å². The van der Waals surface area contributed by atoms with E-state index >= 15 is 0 Å². The fraction of sp³-hybridized carbons (Fsp3) is 0.429. The van der Waals surface area contributed by atoms with Gasteiger partial charge in [0.15, 0.2) is 0 Å².